The first-order valence-corrected chi connectivity index (χ1v) is 7.58. The van der Waals surface area contributed by atoms with Gasteiger partial charge < -0.3 is 15.7 Å². The molecular formula is C16H27N3O. The molecule has 4 nitrogen and oxygen atoms in total. The van der Waals surface area contributed by atoms with Crippen LogP contribution in [0.3, 0.4) is 0 Å². The Labute approximate surface area is 122 Å². The van der Waals surface area contributed by atoms with E-state index in [9.17, 15) is 5.11 Å². The second kappa shape index (κ2) is 6.00. The normalized spacial score (nSPS) is 20.4. The Morgan fingerprint density at radius 3 is 2.30 bits per heavy atom. The molecular weight excluding hydrogens is 250 g/mol. The number of nitrogens with zero attached hydrogens (tertiary/aromatic N) is 1. The number of pyridine rings is 1. The summed E-state index contributed by atoms with van der Waals surface area (Å²) in [6.07, 6.45) is 7.52. The summed E-state index contributed by atoms with van der Waals surface area (Å²) in [7, 11) is 0. The predicted molar refractivity (Wildman–Crippen MR) is 84.1 cm³/mol. The number of aromatic nitrogens is 1. The summed E-state index contributed by atoms with van der Waals surface area (Å²) in [5.41, 5.74) is 1.76. The van der Waals surface area contributed by atoms with E-state index in [1.54, 1.807) is 6.20 Å². The molecule has 20 heavy (non-hydrogen) atoms. The van der Waals surface area contributed by atoms with Crippen molar-refractivity contribution in [2.45, 2.75) is 52.1 Å². The average molecular weight is 277 g/mol. The fraction of sp³-hybridized carbons (Fsp3) is 0.688. The third-order valence-corrected chi connectivity index (χ3v) is 4.27. The molecule has 0 aromatic carbocycles. The topological polar surface area (TPSA) is 57.2 Å². The second-order valence-electron chi connectivity index (χ2n) is 6.73. The number of aliphatic hydroxyl groups is 1. The van der Waals surface area contributed by atoms with Gasteiger partial charge in [-0.1, -0.05) is 13.8 Å². The van der Waals surface area contributed by atoms with Crippen LogP contribution in [0.1, 0.15) is 46.5 Å². The molecule has 0 saturated heterocycles. The number of rotatable bonds is 5. The molecule has 0 unspecified atom stereocenters. The Bertz CT molecular complexity index is 435. The lowest BCUT2D eigenvalue weighted by molar-refractivity contribution is -0.0145. The Balaban J connectivity index is 1.90. The third-order valence-electron chi connectivity index (χ3n) is 4.27. The molecule has 0 atom stereocenters. The van der Waals surface area contributed by atoms with Crippen molar-refractivity contribution in [2.24, 2.45) is 5.41 Å². The highest BCUT2D eigenvalue weighted by atomic mass is 16.3. The molecule has 1 aromatic rings. The summed E-state index contributed by atoms with van der Waals surface area (Å²) < 4.78 is 0. The summed E-state index contributed by atoms with van der Waals surface area (Å²) in [5.74, 6) is 0. The van der Waals surface area contributed by atoms with Gasteiger partial charge in [-0.25, -0.2) is 0 Å². The minimum Gasteiger partial charge on any atom is -0.388 e. The minimum absolute atomic E-state index is 0.374. The molecule has 0 radical (unpaired) electrons. The lowest BCUT2D eigenvalue weighted by Gasteiger charge is -2.40. The quantitative estimate of drug-likeness (QED) is 0.773. The average Bonchev–Trinajstić information content (AvgIpc) is 2.42. The molecule has 1 aromatic heterocycles. The van der Waals surface area contributed by atoms with Gasteiger partial charge in [-0.2, -0.15) is 0 Å². The van der Waals surface area contributed by atoms with Crippen LogP contribution in [0.4, 0.5) is 11.4 Å². The van der Waals surface area contributed by atoms with Crippen molar-refractivity contribution in [1.82, 2.24) is 4.98 Å². The van der Waals surface area contributed by atoms with Gasteiger partial charge in [0.1, 0.15) is 0 Å². The van der Waals surface area contributed by atoms with Gasteiger partial charge in [-0.3, -0.25) is 4.98 Å². The first kappa shape index (κ1) is 15.1. The van der Waals surface area contributed by atoms with E-state index in [4.69, 9.17) is 0 Å². The zero-order chi connectivity index (χ0) is 14.6. The van der Waals surface area contributed by atoms with Crippen LogP contribution in [0.5, 0.6) is 0 Å². The van der Waals surface area contributed by atoms with E-state index in [1.807, 2.05) is 12.3 Å². The number of hydrogen-bond acceptors (Lipinski definition) is 4. The molecule has 1 saturated carbocycles. The van der Waals surface area contributed by atoms with Crippen molar-refractivity contribution in [3.05, 3.63) is 18.5 Å². The maximum Gasteiger partial charge on any atom is 0.0819 e. The van der Waals surface area contributed by atoms with Gasteiger partial charge in [-0.15, -0.1) is 0 Å². The maximum absolute atomic E-state index is 10.6. The van der Waals surface area contributed by atoms with E-state index in [2.05, 4.69) is 36.4 Å². The zero-order valence-electron chi connectivity index (χ0n) is 12.9. The smallest absolute Gasteiger partial charge is 0.0819 e. The number of hydrogen-bond donors (Lipinski definition) is 3. The highest BCUT2D eigenvalue weighted by Gasteiger charge is 2.36. The van der Waals surface area contributed by atoms with Gasteiger partial charge in [0.25, 0.3) is 0 Å². The fourth-order valence-corrected chi connectivity index (χ4v) is 2.67. The van der Waals surface area contributed by atoms with E-state index in [0.717, 1.165) is 43.6 Å². The van der Waals surface area contributed by atoms with Gasteiger partial charge in [0.15, 0.2) is 0 Å². The van der Waals surface area contributed by atoms with Crippen LogP contribution >= 0.6 is 0 Å². The summed E-state index contributed by atoms with van der Waals surface area (Å²) in [4.78, 5) is 4.21. The van der Waals surface area contributed by atoms with E-state index >= 15 is 0 Å². The Hall–Kier alpha value is -1.29. The highest BCUT2D eigenvalue weighted by Crippen LogP contribution is 2.40. The molecule has 0 amide bonds. The standard InChI is InChI=1S/C16H27N3O/c1-4-18-13-9-14(11-17-10-13)19-12-16(20)7-5-15(2,3)6-8-16/h9-11,18-20H,4-8,12H2,1-3H3. The van der Waals surface area contributed by atoms with Crippen molar-refractivity contribution in [1.29, 1.82) is 0 Å². The van der Waals surface area contributed by atoms with Crippen molar-refractivity contribution in [3.63, 3.8) is 0 Å². The molecule has 0 bridgehead atoms. The van der Waals surface area contributed by atoms with Crippen molar-refractivity contribution >= 4 is 11.4 Å². The van der Waals surface area contributed by atoms with E-state index < -0.39 is 5.60 Å². The number of nitrogens with one attached hydrogen (secondary N) is 2. The summed E-state index contributed by atoms with van der Waals surface area (Å²) in [5, 5.41) is 17.2. The van der Waals surface area contributed by atoms with Gasteiger partial charge in [-0.05, 0) is 44.1 Å². The van der Waals surface area contributed by atoms with E-state index in [-0.39, 0.29) is 0 Å². The molecule has 112 valence electrons. The summed E-state index contributed by atoms with van der Waals surface area (Å²) in [6.45, 7) is 8.10. The Morgan fingerprint density at radius 1 is 1.10 bits per heavy atom. The molecule has 0 aliphatic heterocycles. The molecule has 3 N–H and O–H groups in total. The van der Waals surface area contributed by atoms with E-state index in [0.29, 0.717) is 12.0 Å². The lowest BCUT2D eigenvalue weighted by Crippen LogP contribution is -2.42. The van der Waals surface area contributed by atoms with Gasteiger partial charge in [0.2, 0.25) is 0 Å². The maximum atomic E-state index is 10.6. The Kier molecular flexibility index (Phi) is 4.53. The Morgan fingerprint density at radius 2 is 1.70 bits per heavy atom. The first-order chi connectivity index (χ1) is 9.42. The van der Waals surface area contributed by atoms with Crippen LogP contribution < -0.4 is 10.6 Å². The fourth-order valence-electron chi connectivity index (χ4n) is 2.67. The van der Waals surface area contributed by atoms with Gasteiger partial charge >= 0.3 is 0 Å². The largest absolute Gasteiger partial charge is 0.388 e. The van der Waals surface area contributed by atoms with Crippen LogP contribution in [0, 0.1) is 5.41 Å². The molecule has 1 heterocycles. The van der Waals surface area contributed by atoms with Crippen molar-refractivity contribution < 1.29 is 5.11 Å². The van der Waals surface area contributed by atoms with Gasteiger partial charge in [0.05, 0.1) is 29.4 Å². The third kappa shape index (κ3) is 4.10. The molecule has 4 heteroatoms. The highest BCUT2D eigenvalue weighted by molar-refractivity contribution is 5.54. The van der Waals surface area contributed by atoms with Crippen LogP contribution in [0.25, 0.3) is 0 Å². The zero-order valence-corrected chi connectivity index (χ0v) is 12.9. The van der Waals surface area contributed by atoms with Crippen LogP contribution in [-0.4, -0.2) is 28.8 Å². The number of anilines is 2. The van der Waals surface area contributed by atoms with Crippen LogP contribution in [0.2, 0.25) is 0 Å². The molecule has 1 aliphatic rings. The van der Waals surface area contributed by atoms with Crippen LogP contribution in [-0.2, 0) is 0 Å². The SMILES string of the molecule is CCNc1cncc(NCC2(O)CCC(C)(C)CC2)c1. The lowest BCUT2D eigenvalue weighted by atomic mass is 9.71. The van der Waals surface area contributed by atoms with Crippen molar-refractivity contribution in [3.8, 4) is 0 Å². The molecule has 0 spiro atoms. The molecule has 1 aliphatic carbocycles. The predicted octanol–water partition coefficient (Wildman–Crippen LogP) is 3.26. The first-order valence-electron chi connectivity index (χ1n) is 7.58. The molecule has 1 fully saturated rings. The van der Waals surface area contributed by atoms with Gasteiger partial charge in [0, 0.05) is 13.1 Å². The monoisotopic (exact) mass is 277 g/mol. The van der Waals surface area contributed by atoms with Crippen LogP contribution in [0.15, 0.2) is 18.5 Å². The summed E-state index contributed by atoms with van der Waals surface area (Å²) >= 11 is 0. The summed E-state index contributed by atoms with van der Waals surface area (Å²) in [6, 6.07) is 2.03. The second-order valence-corrected chi connectivity index (χ2v) is 6.73. The van der Waals surface area contributed by atoms with E-state index in [1.165, 1.54) is 0 Å². The minimum atomic E-state index is -0.580. The van der Waals surface area contributed by atoms with Crippen molar-refractivity contribution in [2.75, 3.05) is 23.7 Å². The molecule has 2 rings (SSSR count).